The van der Waals surface area contributed by atoms with Crippen LogP contribution in [0.2, 0.25) is 0 Å². The number of rotatable bonds is 10. The number of halogens is 3. The number of hydrogen-bond acceptors (Lipinski definition) is 2. The van der Waals surface area contributed by atoms with Gasteiger partial charge in [0, 0.05) is 5.56 Å². The maximum absolute atomic E-state index is 15.1. The molecule has 2 nitrogen and oxygen atoms in total. The lowest BCUT2D eigenvalue weighted by molar-refractivity contribution is 0.0727. The molecule has 1 aliphatic rings. The van der Waals surface area contributed by atoms with Crippen LogP contribution in [0.25, 0.3) is 11.1 Å². The van der Waals surface area contributed by atoms with E-state index in [2.05, 4.69) is 6.92 Å². The van der Waals surface area contributed by atoms with Crippen molar-refractivity contribution < 1.29 is 23.0 Å². The Morgan fingerprint density at radius 1 is 0.838 bits per heavy atom. The first-order valence-electron chi connectivity index (χ1n) is 13.6. The van der Waals surface area contributed by atoms with Crippen LogP contribution in [-0.4, -0.2) is 17.8 Å². The summed E-state index contributed by atoms with van der Waals surface area (Å²) in [6, 6.07) is 15.9. The number of hydrogen-bond donors (Lipinski definition) is 1. The van der Waals surface area contributed by atoms with E-state index in [1.807, 2.05) is 37.3 Å². The Labute approximate surface area is 218 Å². The van der Waals surface area contributed by atoms with Crippen molar-refractivity contribution in [3.05, 3.63) is 88.7 Å². The Kier molecular flexibility index (Phi) is 9.31. The highest BCUT2D eigenvalue weighted by molar-refractivity contribution is 5.65. The Bertz CT molecular complexity index is 1170. The molecule has 3 aromatic carbocycles. The van der Waals surface area contributed by atoms with Gasteiger partial charge in [0.25, 0.3) is 0 Å². The minimum atomic E-state index is -0.803. The van der Waals surface area contributed by atoms with Crippen molar-refractivity contribution in [2.45, 2.75) is 77.2 Å². The average molecular weight is 511 g/mol. The van der Waals surface area contributed by atoms with Crippen molar-refractivity contribution in [3.63, 3.8) is 0 Å². The second kappa shape index (κ2) is 12.6. The molecule has 3 aromatic rings. The maximum atomic E-state index is 15.1. The van der Waals surface area contributed by atoms with Crippen molar-refractivity contribution in [1.82, 2.24) is 0 Å². The molecule has 0 radical (unpaired) electrons. The molecule has 0 aliphatic heterocycles. The number of aliphatic hydroxyl groups excluding tert-OH is 1. The quantitative estimate of drug-likeness (QED) is 0.297. The van der Waals surface area contributed by atoms with Crippen LogP contribution in [0.15, 0.2) is 54.6 Å². The molecular weight excluding hydrogens is 473 g/mol. The van der Waals surface area contributed by atoms with Gasteiger partial charge in [0.15, 0.2) is 23.2 Å². The lowest BCUT2D eigenvalue weighted by atomic mass is 9.75. The summed E-state index contributed by atoms with van der Waals surface area (Å²) in [6.45, 7) is 4.30. The van der Waals surface area contributed by atoms with E-state index >= 15 is 8.78 Å². The summed E-state index contributed by atoms with van der Waals surface area (Å²) in [5, 5.41) is 10.3. The molecular formula is C32H37F3O2. The van der Waals surface area contributed by atoms with E-state index in [-0.39, 0.29) is 35.1 Å². The van der Waals surface area contributed by atoms with Crippen molar-refractivity contribution in [3.8, 4) is 16.9 Å². The lowest BCUT2D eigenvalue weighted by Gasteiger charge is -2.32. The molecule has 0 saturated heterocycles. The van der Waals surface area contributed by atoms with Crippen molar-refractivity contribution in [2.24, 2.45) is 5.92 Å². The van der Waals surface area contributed by atoms with Crippen LogP contribution in [0.1, 0.15) is 75.0 Å². The molecule has 1 N–H and O–H groups in total. The largest absolute Gasteiger partial charge is 0.491 e. The summed E-state index contributed by atoms with van der Waals surface area (Å²) in [5.41, 5.74) is 3.25. The van der Waals surface area contributed by atoms with E-state index in [9.17, 15) is 9.50 Å². The monoisotopic (exact) mass is 510 g/mol. The second-order valence-electron chi connectivity index (χ2n) is 10.2. The van der Waals surface area contributed by atoms with E-state index < -0.39 is 11.6 Å². The minimum Gasteiger partial charge on any atom is -0.491 e. The average Bonchev–Trinajstić information content (AvgIpc) is 2.91. The van der Waals surface area contributed by atoms with Gasteiger partial charge in [-0.2, -0.15) is 0 Å². The smallest absolute Gasteiger partial charge is 0.166 e. The second-order valence-corrected chi connectivity index (χ2v) is 10.2. The molecule has 37 heavy (non-hydrogen) atoms. The van der Waals surface area contributed by atoms with E-state index in [4.69, 9.17) is 4.74 Å². The zero-order valence-corrected chi connectivity index (χ0v) is 21.8. The standard InChI is InChI=1S/C32H37F3O2/c1-3-5-29(36)25-15-13-24(14-16-25)27-18-17-26(31(34)32(27)35)23-11-8-21(9-12-23)6-7-22-10-19-30(37-4-2)28(33)20-22/h8-12,17-20,24-25,29,36H,3-7,13-16H2,1-2H3. The van der Waals surface area contributed by atoms with Crippen LogP contribution in [0.5, 0.6) is 5.75 Å². The molecule has 0 bridgehead atoms. The van der Waals surface area contributed by atoms with Gasteiger partial charge in [-0.25, -0.2) is 13.2 Å². The van der Waals surface area contributed by atoms with Gasteiger partial charge in [0.2, 0.25) is 0 Å². The molecule has 1 atom stereocenters. The minimum absolute atomic E-state index is 0.0107. The van der Waals surface area contributed by atoms with Crippen LogP contribution in [0.3, 0.4) is 0 Å². The van der Waals surface area contributed by atoms with Gasteiger partial charge in [0.1, 0.15) is 0 Å². The van der Waals surface area contributed by atoms with Crippen LogP contribution in [-0.2, 0) is 12.8 Å². The van der Waals surface area contributed by atoms with E-state index in [0.29, 0.717) is 30.6 Å². The fourth-order valence-corrected chi connectivity index (χ4v) is 5.56. The van der Waals surface area contributed by atoms with Crippen LogP contribution in [0, 0.1) is 23.4 Å². The zero-order valence-electron chi connectivity index (χ0n) is 21.8. The molecule has 0 heterocycles. The molecule has 0 amide bonds. The molecule has 1 saturated carbocycles. The lowest BCUT2D eigenvalue weighted by Crippen LogP contribution is -2.25. The molecule has 4 rings (SSSR count). The van der Waals surface area contributed by atoms with Gasteiger partial charge in [-0.05, 0) is 98.1 Å². The highest BCUT2D eigenvalue weighted by Crippen LogP contribution is 2.40. The Balaban J connectivity index is 1.39. The highest BCUT2D eigenvalue weighted by atomic mass is 19.2. The van der Waals surface area contributed by atoms with Gasteiger partial charge in [0.05, 0.1) is 12.7 Å². The first kappa shape index (κ1) is 27.3. The Hall–Kier alpha value is -2.79. The summed E-state index contributed by atoms with van der Waals surface area (Å²) < 4.78 is 49.6. The van der Waals surface area contributed by atoms with Crippen molar-refractivity contribution in [2.75, 3.05) is 6.61 Å². The Morgan fingerprint density at radius 3 is 2.16 bits per heavy atom. The third-order valence-electron chi connectivity index (χ3n) is 7.72. The Morgan fingerprint density at radius 2 is 1.51 bits per heavy atom. The van der Waals surface area contributed by atoms with E-state index in [1.165, 1.54) is 6.07 Å². The number of ether oxygens (including phenoxy) is 1. The fourth-order valence-electron chi connectivity index (χ4n) is 5.56. The third-order valence-corrected chi connectivity index (χ3v) is 7.72. The summed E-state index contributed by atoms with van der Waals surface area (Å²) in [4.78, 5) is 0. The molecule has 1 unspecified atom stereocenters. The zero-order chi connectivity index (χ0) is 26.4. The number of aryl methyl sites for hydroxylation is 2. The maximum Gasteiger partial charge on any atom is 0.166 e. The molecule has 1 fully saturated rings. The van der Waals surface area contributed by atoms with Gasteiger partial charge < -0.3 is 9.84 Å². The molecule has 198 valence electrons. The molecule has 0 spiro atoms. The van der Waals surface area contributed by atoms with Gasteiger partial charge >= 0.3 is 0 Å². The van der Waals surface area contributed by atoms with Gasteiger partial charge in [-0.15, -0.1) is 0 Å². The van der Waals surface area contributed by atoms with Crippen molar-refractivity contribution >= 4 is 0 Å². The van der Waals surface area contributed by atoms with E-state index in [0.717, 1.165) is 49.7 Å². The highest BCUT2D eigenvalue weighted by Gasteiger charge is 2.29. The summed E-state index contributed by atoms with van der Waals surface area (Å²) in [5.74, 6) is -1.41. The predicted molar refractivity (Wildman–Crippen MR) is 142 cm³/mol. The molecule has 0 aromatic heterocycles. The summed E-state index contributed by atoms with van der Waals surface area (Å²) in [7, 11) is 0. The predicted octanol–water partition coefficient (Wildman–Crippen LogP) is 8.39. The first-order valence-corrected chi connectivity index (χ1v) is 13.6. The third kappa shape index (κ3) is 6.56. The molecule has 5 heteroatoms. The van der Waals surface area contributed by atoms with E-state index in [1.54, 1.807) is 18.2 Å². The van der Waals surface area contributed by atoms with Crippen LogP contribution >= 0.6 is 0 Å². The normalized spacial score (nSPS) is 18.5. The summed E-state index contributed by atoms with van der Waals surface area (Å²) in [6.07, 6.45) is 6.07. The number of aliphatic hydroxyl groups is 1. The topological polar surface area (TPSA) is 29.5 Å². The van der Waals surface area contributed by atoms with Gasteiger partial charge in [-0.3, -0.25) is 0 Å². The van der Waals surface area contributed by atoms with Crippen LogP contribution < -0.4 is 4.74 Å². The fraction of sp³-hybridized carbons (Fsp3) is 0.438. The van der Waals surface area contributed by atoms with Gasteiger partial charge in [-0.1, -0.05) is 55.8 Å². The number of benzene rings is 3. The molecule has 1 aliphatic carbocycles. The SMILES string of the molecule is CCCC(O)C1CCC(c2ccc(-c3ccc(CCc4ccc(OCC)c(F)c4)cc3)c(F)c2F)CC1. The first-order chi connectivity index (χ1) is 17.9. The van der Waals surface area contributed by atoms with Crippen LogP contribution in [0.4, 0.5) is 13.2 Å². The van der Waals surface area contributed by atoms with Crippen molar-refractivity contribution in [1.29, 1.82) is 0 Å². The summed E-state index contributed by atoms with van der Waals surface area (Å²) >= 11 is 0.